The molecule has 21 heavy (non-hydrogen) atoms. The summed E-state index contributed by atoms with van der Waals surface area (Å²) in [4.78, 5) is 0. The summed E-state index contributed by atoms with van der Waals surface area (Å²) >= 11 is 0. The van der Waals surface area contributed by atoms with Gasteiger partial charge in [0.2, 0.25) is 0 Å². The third-order valence-corrected chi connectivity index (χ3v) is 3.27. The molecule has 0 radical (unpaired) electrons. The molecule has 0 aliphatic heterocycles. The number of hydrogen-bond donors (Lipinski definition) is 1. The Morgan fingerprint density at radius 1 is 0.810 bits per heavy atom. The fourth-order valence-electron chi connectivity index (χ4n) is 2.37. The molecule has 0 aliphatic rings. The molecule has 0 saturated heterocycles. The third-order valence-electron chi connectivity index (χ3n) is 3.27. The highest BCUT2D eigenvalue weighted by atomic mass is 16.5. The molecule has 0 amide bonds. The predicted molar refractivity (Wildman–Crippen MR) is 87.5 cm³/mol. The molecule has 2 heteroatoms. The molecule has 104 valence electrons. The monoisotopic (exact) mass is 275 g/mol. The summed E-state index contributed by atoms with van der Waals surface area (Å²) in [5, 5.41) is 0. The first-order chi connectivity index (χ1) is 10.2. The zero-order valence-electron chi connectivity index (χ0n) is 11.9. The van der Waals surface area contributed by atoms with Gasteiger partial charge in [-0.15, -0.1) is 0 Å². The summed E-state index contributed by atoms with van der Waals surface area (Å²) in [5.41, 5.74) is 9.88. The van der Waals surface area contributed by atoms with E-state index >= 15 is 0 Å². The quantitative estimate of drug-likeness (QED) is 0.680. The van der Waals surface area contributed by atoms with Crippen LogP contribution >= 0.6 is 0 Å². The van der Waals surface area contributed by atoms with Crippen molar-refractivity contribution < 1.29 is 4.74 Å². The molecule has 0 bridgehead atoms. The molecule has 0 atom stereocenters. The van der Waals surface area contributed by atoms with E-state index in [1.54, 1.807) is 0 Å². The number of hydrogen-bond acceptors (Lipinski definition) is 2. The highest BCUT2D eigenvalue weighted by Gasteiger charge is 2.07. The van der Waals surface area contributed by atoms with Crippen LogP contribution in [0.25, 0.3) is 11.1 Å². The van der Waals surface area contributed by atoms with Crippen LogP contribution in [0.5, 0.6) is 11.5 Å². The molecule has 0 unspecified atom stereocenters. The standard InChI is InChI=1S/C19H17NO/c1-14-11-16(20)13-17(12-14)21-19-10-6-5-9-18(19)15-7-3-2-4-8-15/h2-13H,20H2,1H3. The number of nitrogen functional groups attached to an aromatic ring is 1. The first-order valence-corrected chi connectivity index (χ1v) is 6.92. The normalized spacial score (nSPS) is 10.3. The average molecular weight is 275 g/mol. The average Bonchev–Trinajstić information content (AvgIpc) is 2.48. The largest absolute Gasteiger partial charge is 0.457 e. The van der Waals surface area contributed by atoms with Gasteiger partial charge in [0.05, 0.1) is 0 Å². The Morgan fingerprint density at radius 3 is 2.29 bits per heavy atom. The van der Waals surface area contributed by atoms with Crippen LogP contribution in [0.4, 0.5) is 5.69 Å². The van der Waals surface area contributed by atoms with Crippen molar-refractivity contribution in [1.29, 1.82) is 0 Å². The molecule has 0 fully saturated rings. The lowest BCUT2D eigenvalue weighted by molar-refractivity contribution is 0.484. The lowest BCUT2D eigenvalue weighted by Gasteiger charge is -2.12. The molecule has 0 saturated carbocycles. The van der Waals surface area contributed by atoms with Gasteiger partial charge >= 0.3 is 0 Å². The highest BCUT2D eigenvalue weighted by Crippen LogP contribution is 2.33. The Morgan fingerprint density at radius 2 is 1.52 bits per heavy atom. The first-order valence-electron chi connectivity index (χ1n) is 6.92. The van der Waals surface area contributed by atoms with Gasteiger partial charge in [-0.3, -0.25) is 0 Å². The Labute approximate surface area is 124 Å². The van der Waals surface area contributed by atoms with Crippen LogP contribution in [0.3, 0.4) is 0 Å². The van der Waals surface area contributed by atoms with Crippen LogP contribution in [-0.2, 0) is 0 Å². The Kier molecular flexibility index (Phi) is 3.61. The van der Waals surface area contributed by atoms with E-state index in [0.29, 0.717) is 5.69 Å². The summed E-state index contributed by atoms with van der Waals surface area (Å²) in [5.74, 6) is 1.59. The van der Waals surface area contributed by atoms with Gasteiger partial charge < -0.3 is 10.5 Å². The van der Waals surface area contributed by atoms with Crippen LogP contribution in [0, 0.1) is 6.92 Å². The van der Waals surface area contributed by atoms with Crippen molar-refractivity contribution in [3.8, 4) is 22.6 Å². The number of ether oxygens (including phenoxy) is 1. The van der Waals surface area contributed by atoms with Crippen molar-refractivity contribution >= 4 is 5.69 Å². The van der Waals surface area contributed by atoms with E-state index in [2.05, 4.69) is 18.2 Å². The molecule has 0 spiro atoms. The number of rotatable bonds is 3. The zero-order chi connectivity index (χ0) is 14.7. The van der Waals surface area contributed by atoms with E-state index in [1.165, 1.54) is 0 Å². The van der Waals surface area contributed by atoms with E-state index in [9.17, 15) is 0 Å². The van der Waals surface area contributed by atoms with Crippen LogP contribution in [0.15, 0.2) is 72.8 Å². The Bertz CT molecular complexity index is 730. The maximum absolute atomic E-state index is 6.05. The van der Waals surface area contributed by atoms with Gasteiger partial charge in [-0.25, -0.2) is 0 Å². The smallest absolute Gasteiger partial charge is 0.135 e. The summed E-state index contributed by atoms with van der Waals surface area (Å²) in [6, 6.07) is 24.0. The summed E-state index contributed by atoms with van der Waals surface area (Å²) in [6.45, 7) is 2.01. The van der Waals surface area contributed by atoms with Crippen molar-refractivity contribution in [2.75, 3.05) is 5.73 Å². The fourth-order valence-corrected chi connectivity index (χ4v) is 2.37. The van der Waals surface area contributed by atoms with Gasteiger partial charge in [-0.2, -0.15) is 0 Å². The molecule has 3 rings (SSSR count). The number of aryl methyl sites for hydroxylation is 1. The first kappa shape index (κ1) is 13.3. The Hall–Kier alpha value is -2.74. The molecule has 0 aromatic heterocycles. The SMILES string of the molecule is Cc1cc(N)cc(Oc2ccccc2-c2ccccc2)c1. The van der Waals surface area contributed by atoms with Crippen molar-refractivity contribution in [1.82, 2.24) is 0 Å². The van der Waals surface area contributed by atoms with Gasteiger partial charge in [0.15, 0.2) is 0 Å². The zero-order valence-corrected chi connectivity index (χ0v) is 11.9. The molecule has 3 aromatic rings. The van der Waals surface area contributed by atoms with Crippen molar-refractivity contribution in [2.24, 2.45) is 0 Å². The van der Waals surface area contributed by atoms with Crippen molar-refractivity contribution in [2.45, 2.75) is 6.92 Å². The molecule has 3 aromatic carbocycles. The Balaban J connectivity index is 2.00. The number of nitrogens with two attached hydrogens (primary N) is 1. The second kappa shape index (κ2) is 5.71. The minimum atomic E-state index is 0.710. The topological polar surface area (TPSA) is 35.2 Å². The van der Waals surface area contributed by atoms with E-state index in [4.69, 9.17) is 10.5 Å². The molecule has 0 aliphatic carbocycles. The van der Waals surface area contributed by atoms with E-state index in [0.717, 1.165) is 28.2 Å². The van der Waals surface area contributed by atoms with Crippen molar-refractivity contribution in [3.63, 3.8) is 0 Å². The lowest BCUT2D eigenvalue weighted by atomic mass is 10.0. The van der Waals surface area contributed by atoms with Crippen LogP contribution in [0.1, 0.15) is 5.56 Å². The lowest BCUT2D eigenvalue weighted by Crippen LogP contribution is -1.91. The summed E-state index contributed by atoms with van der Waals surface area (Å²) < 4.78 is 6.05. The molecule has 2 nitrogen and oxygen atoms in total. The molecular formula is C19H17NO. The minimum absolute atomic E-state index is 0.710. The second-order valence-electron chi connectivity index (χ2n) is 5.04. The molecular weight excluding hydrogens is 258 g/mol. The van der Waals surface area contributed by atoms with Gasteiger partial charge in [0, 0.05) is 17.3 Å². The van der Waals surface area contributed by atoms with Crippen LogP contribution < -0.4 is 10.5 Å². The number of para-hydroxylation sites is 1. The van der Waals surface area contributed by atoms with Gasteiger partial charge in [0.1, 0.15) is 11.5 Å². The van der Waals surface area contributed by atoms with Gasteiger partial charge in [-0.1, -0.05) is 48.5 Å². The maximum Gasteiger partial charge on any atom is 0.135 e. The minimum Gasteiger partial charge on any atom is -0.457 e. The van der Waals surface area contributed by atoms with E-state index in [1.807, 2.05) is 61.5 Å². The highest BCUT2D eigenvalue weighted by molar-refractivity contribution is 5.70. The van der Waals surface area contributed by atoms with E-state index < -0.39 is 0 Å². The maximum atomic E-state index is 6.05. The van der Waals surface area contributed by atoms with Gasteiger partial charge in [0.25, 0.3) is 0 Å². The fraction of sp³-hybridized carbons (Fsp3) is 0.0526. The molecule has 2 N–H and O–H groups in total. The number of benzene rings is 3. The number of anilines is 1. The van der Waals surface area contributed by atoms with Crippen LogP contribution in [-0.4, -0.2) is 0 Å². The van der Waals surface area contributed by atoms with E-state index in [-0.39, 0.29) is 0 Å². The third kappa shape index (κ3) is 3.06. The van der Waals surface area contributed by atoms with Crippen molar-refractivity contribution in [3.05, 3.63) is 78.4 Å². The van der Waals surface area contributed by atoms with Gasteiger partial charge in [-0.05, 0) is 36.2 Å². The molecule has 0 heterocycles. The summed E-state index contributed by atoms with van der Waals surface area (Å²) in [6.07, 6.45) is 0. The second-order valence-corrected chi connectivity index (χ2v) is 5.04. The van der Waals surface area contributed by atoms with Crippen LogP contribution in [0.2, 0.25) is 0 Å². The predicted octanol–water partition coefficient (Wildman–Crippen LogP) is 5.04. The summed E-state index contributed by atoms with van der Waals surface area (Å²) in [7, 11) is 0.